The molecule has 0 saturated heterocycles. The topological polar surface area (TPSA) is 49.1 Å². The van der Waals surface area contributed by atoms with Crippen LogP contribution in [0.3, 0.4) is 0 Å². The van der Waals surface area contributed by atoms with Gasteiger partial charge in [-0.3, -0.25) is 4.57 Å². The maximum absolute atomic E-state index is 12.7. The van der Waals surface area contributed by atoms with Crippen LogP contribution in [0.1, 0.15) is 29.8 Å². The van der Waals surface area contributed by atoms with E-state index in [1.165, 1.54) is 17.0 Å². The zero-order valence-corrected chi connectivity index (χ0v) is 10.3. The SMILES string of the molecule is CCOC(=O)c1cccn1Cc1nccn1C(F)F. The summed E-state index contributed by atoms with van der Waals surface area (Å²) in [5.41, 5.74) is 0.311. The molecule has 0 saturated carbocycles. The molecule has 2 aromatic heterocycles. The van der Waals surface area contributed by atoms with Gasteiger partial charge in [0.15, 0.2) is 0 Å². The van der Waals surface area contributed by atoms with Crippen molar-refractivity contribution < 1.29 is 18.3 Å². The number of carbonyl (C=O) groups is 1. The lowest BCUT2D eigenvalue weighted by Crippen LogP contribution is -2.15. The van der Waals surface area contributed by atoms with E-state index >= 15 is 0 Å². The Hall–Kier alpha value is -2.18. The average Bonchev–Trinajstić information content (AvgIpc) is 2.98. The van der Waals surface area contributed by atoms with E-state index in [4.69, 9.17) is 4.74 Å². The zero-order valence-electron chi connectivity index (χ0n) is 10.3. The Labute approximate surface area is 108 Å². The number of rotatable bonds is 5. The summed E-state index contributed by atoms with van der Waals surface area (Å²) in [5, 5.41) is 0. The molecule has 0 bridgehead atoms. The first kappa shape index (κ1) is 13.3. The van der Waals surface area contributed by atoms with Gasteiger partial charge >= 0.3 is 12.5 Å². The predicted octanol–water partition coefficient (Wildman–Crippen LogP) is 2.30. The van der Waals surface area contributed by atoms with Crippen LogP contribution in [0, 0.1) is 0 Å². The Morgan fingerprint density at radius 3 is 2.95 bits per heavy atom. The summed E-state index contributed by atoms with van der Waals surface area (Å²) in [6, 6.07) is 3.23. The van der Waals surface area contributed by atoms with Gasteiger partial charge in [-0.2, -0.15) is 8.78 Å². The maximum atomic E-state index is 12.7. The molecule has 2 aromatic rings. The molecule has 2 heterocycles. The molecule has 0 fully saturated rings. The van der Waals surface area contributed by atoms with Crippen molar-refractivity contribution >= 4 is 5.97 Å². The number of hydrogen-bond acceptors (Lipinski definition) is 3. The molecule has 0 aromatic carbocycles. The van der Waals surface area contributed by atoms with Crippen LogP contribution >= 0.6 is 0 Å². The highest BCUT2D eigenvalue weighted by Crippen LogP contribution is 2.14. The van der Waals surface area contributed by atoms with Crippen LogP contribution in [-0.2, 0) is 11.3 Å². The maximum Gasteiger partial charge on any atom is 0.354 e. The van der Waals surface area contributed by atoms with Gasteiger partial charge in [-0.05, 0) is 19.1 Å². The fourth-order valence-electron chi connectivity index (χ4n) is 1.74. The van der Waals surface area contributed by atoms with E-state index in [9.17, 15) is 13.6 Å². The van der Waals surface area contributed by atoms with Crippen molar-refractivity contribution in [1.82, 2.24) is 14.1 Å². The van der Waals surface area contributed by atoms with Crippen molar-refractivity contribution in [2.45, 2.75) is 20.0 Å². The Kier molecular flexibility index (Phi) is 3.94. The lowest BCUT2D eigenvalue weighted by Gasteiger charge is -2.10. The Morgan fingerprint density at radius 2 is 2.26 bits per heavy atom. The second kappa shape index (κ2) is 5.64. The van der Waals surface area contributed by atoms with E-state index in [0.29, 0.717) is 5.69 Å². The third-order valence-electron chi connectivity index (χ3n) is 2.59. The minimum absolute atomic E-state index is 0.0818. The molecule has 7 heteroatoms. The van der Waals surface area contributed by atoms with Crippen molar-refractivity contribution in [2.24, 2.45) is 0 Å². The fourth-order valence-corrected chi connectivity index (χ4v) is 1.74. The number of hydrogen-bond donors (Lipinski definition) is 0. The highest BCUT2D eigenvalue weighted by Gasteiger charge is 2.16. The number of aromatic nitrogens is 3. The highest BCUT2D eigenvalue weighted by atomic mass is 19.3. The molecular formula is C12H13F2N3O2. The van der Waals surface area contributed by atoms with E-state index in [2.05, 4.69) is 4.98 Å². The number of esters is 1. The summed E-state index contributed by atoms with van der Waals surface area (Å²) >= 11 is 0. The van der Waals surface area contributed by atoms with Crippen molar-refractivity contribution in [2.75, 3.05) is 6.61 Å². The van der Waals surface area contributed by atoms with E-state index in [-0.39, 0.29) is 19.0 Å². The van der Waals surface area contributed by atoms with Crippen LogP contribution in [0.4, 0.5) is 8.78 Å². The van der Waals surface area contributed by atoms with Gasteiger partial charge in [0.05, 0.1) is 13.2 Å². The molecule has 0 aliphatic rings. The Balaban J connectivity index is 2.22. The average molecular weight is 269 g/mol. The molecule has 0 atom stereocenters. The van der Waals surface area contributed by atoms with E-state index < -0.39 is 12.5 Å². The van der Waals surface area contributed by atoms with Gasteiger partial charge < -0.3 is 9.30 Å². The van der Waals surface area contributed by atoms with Crippen LogP contribution in [0.15, 0.2) is 30.7 Å². The number of imidazole rings is 1. The molecule has 0 N–H and O–H groups in total. The van der Waals surface area contributed by atoms with Gasteiger partial charge in [-0.15, -0.1) is 0 Å². The molecule has 5 nitrogen and oxygen atoms in total. The van der Waals surface area contributed by atoms with Crippen LogP contribution in [0.25, 0.3) is 0 Å². The van der Waals surface area contributed by atoms with Gasteiger partial charge in [-0.25, -0.2) is 9.78 Å². The third kappa shape index (κ3) is 2.81. The molecule has 0 unspecified atom stereocenters. The quantitative estimate of drug-likeness (QED) is 0.782. The largest absolute Gasteiger partial charge is 0.461 e. The Bertz CT molecular complexity index is 563. The van der Waals surface area contributed by atoms with Crippen LogP contribution < -0.4 is 0 Å². The van der Waals surface area contributed by atoms with E-state index in [0.717, 1.165) is 4.57 Å². The molecule has 19 heavy (non-hydrogen) atoms. The molecule has 102 valence electrons. The van der Waals surface area contributed by atoms with Gasteiger partial charge in [0.25, 0.3) is 0 Å². The summed E-state index contributed by atoms with van der Waals surface area (Å²) in [4.78, 5) is 15.5. The molecular weight excluding hydrogens is 256 g/mol. The van der Waals surface area contributed by atoms with Crippen molar-refractivity contribution in [1.29, 1.82) is 0 Å². The molecule has 0 spiro atoms. The van der Waals surface area contributed by atoms with Crippen LogP contribution in [0.5, 0.6) is 0 Å². The Morgan fingerprint density at radius 1 is 1.47 bits per heavy atom. The number of ether oxygens (including phenoxy) is 1. The van der Waals surface area contributed by atoms with Gasteiger partial charge in [0, 0.05) is 18.6 Å². The molecule has 0 aliphatic heterocycles. The van der Waals surface area contributed by atoms with Gasteiger partial charge in [-0.1, -0.05) is 0 Å². The molecule has 0 radical (unpaired) electrons. The normalized spacial score (nSPS) is 10.9. The lowest BCUT2D eigenvalue weighted by molar-refractivity contribution is 0.0514. The number of nitrogens with zero attached hydrogens (tertiary/aromatic N) is 3. The second-order valence-electron chi connectivity index (χ2n) is 3.77. The minimum Gasteiger partial charge on any atom is -0.461 e. The molecule has 2 rings (SSSR count). The minimum atomic E-state index is -2.65. The standard InChI is InChI=1S/C12H13F2N3O2/c1-2-19-11(18)9-4-3-6-16(9)8-10-15-5-7-17(10)12(13)14/h3-7,12H,2,8H2,1H3. The summed E-state index contributed by atoms with van der Waals surface area (Å²) in [6.45, 7) is -0.609. The molecule has 0 aliphatic carbocycles. The zero-order chi connectivity index (χ0) is 13.8. The number of carbonyl (C=O) groups excluding carboxylic acids is 1. The van der Waals surface area contributed by atoms with Gasteiger partial charge in [0.2, 0.25) is 0 Å². The first-order valence-corrected chi connectivity index (χ1v) is 5.75. The van der Waals surface area contributed by atoms with E-state index in [1.54, 1.807) is 25.3 Å². The summed E-state index contributed by atoms with van der Waals surface area (Å²) in [7, 11) is 0. The predicted molar refractivity (Wildman–Crippen MR) is 63.0 cm³/mol. The highest BCUT2D eigenvalue weighted by molar-refractivity contribution is 5.87. The first-order valence-electron chi connectivity index (χ1n) is 5.75. The van der Waals surface area contributed by atoms with Gasteiger partial charge in [0.1, 0.15) is 11.5 Å². The smallest absolute Gasteiger partial charge is 0.354 e. The fraction of sp³-hybridized carbons (Fsp3) is 0.333. The third-order valence-corrected chi connectivity index (χ3v) is 2.59. The summed E-state index contributed by atoms with van der Waals surface area (Å²) in [5.74, 6) is -0.306. The van der Waals surface area contributed by atoms with Crippen molar-refractivity contribution in [3.63, 3.8) is 0 Å². The van der Waals surface area contributed by atoms with Crippen LogP contribution in [0.2, 0.25) is 0 Å². The van der Waals surface area contributed by atoms with Crippen molar-refractivity contribution in [3.05, 3.63) is 42.2 Å². The van der Waals surface area contributed by atoms with Crippen LogP contribution in [-0.4, -0.2) is 26.7 Å². The van der Waals surface area contributed by atoms with E-state index in [1.807, 2.05) is 0 Å². The number of halogens is 2. The second-order valence-corrected chi connectivity index (χ2v) is 3.77. The summed E-state index contributed by atoms with van der Waals surface area (Å²) in [6.07, 6.45) is 4.12. The summed E-state index contributed by atoms with van der Waals surface area (Å²) < 4.78 is 32.6. The first-order chi connectivity index (χ1) is 9.13. The molecule has 0 amide bonds. The lowest BCUT2D eigenvalue weighted by atomic mass is 10.4. The number of alkyl halides is 2. The van der Waals surface area contributed by atoms with Crippen molar-refractivity contribution in [3.8, 4) is 0 Å². The monoisotopic (exact) mass is 269 g/mol.